The van der Waals surface area contributed by atoms with E-state index in [4.69, 9.17) is 5.73 Å². The highest BCUT2D eigenvalue weighted by molar-refractivity contribution is 5.79. The van der Waals surface area contributed by atoms with Gasteiger partial charge in [0.15, 0.2) is 0 Å². The van der Waals surface area contributed by atoms with Gasteiger partial charge in [-0.2, -0.15) is 0 Å². The molecule has 3 N–H and O–H groups in total. The largest absolute Gasteiger partial charge is 0.404 e. The molecule has 0 aromatic rings. The maximum Gasteiger partial charge on any atom is 0.0505 e. The number of nitrogens with two attached hydrogens (primary N) is 1. The molecule has 0 radical (unpaired) electrons. The molecule has 2 fully saturated rings. The van der Waals surface area contributed by atoms with E-state index in [0.717, 1.165) is 50.1 Å². The Morgan fingerprint density at radius 2 is 1.90 bits per heavy atom. The first-order chi connectivity index (χ1) is 10.2. The predicted octanol–water partition coefficient (Wildman–Crippen LogP) is 2.27. The van der Waals surface area contributed by atoms with Crippen LogP contribution in [-0.4, -0.2) is 49.9 Å². The minimum absolute atomic E-state index is 0.533. The molecule has 1 aliphatic carbocycles. The number of rotatable bonds is 5. The van der Waals surface area contributed by atoms with Crippen molar-refractivity contribution in [2.24, 2.45) is 22.6 Å². The number of hydrogen-bond donors (Lipinski definition) is 2. The molecule has 0 unspecified atom stereocenters. The molecule has 122 valence electrons. The Bertz CT molecular complexity index is 324. The van der Waals surface area contributed by atoms with E-state index in [1.54, 1.807) is 6.20 Å². The van der Waals surface area contributed by atoms with Crippen LogP contribution in [0.3, 0.4) is 0 Å². The lowest BCUT2D eigenvalue weighted by atomic mass is 9.74. The fraction of sp³-hybridized carbons (Fsp3) is 0.824. The quantitative estimate of drug-likeness (QED) is 0.765. The first-order valence-corrected chi connectivity index (χ1v) is 8.56. The number of aliphatic imine (C=N–C) groups is 1. The minimum Gasteiger partial charge on any atom is -0.404 e. The Morgan fingerprint density at radius 3 is 2.43 bits per heavy atom. The fourth-order valence-corrected chi connectivity index (χ4v) is 2.76. The van der Waals surface area contributed by atoms with Gasteiger partial charge in [-0.15, -0.1) is 0 Å². The summed E-state index contributed by atoms with van der Waals surface area (Å²) in [4.78, 5) is 7.11. The Kier molecular flexibility index (Phi) is 8.62. The fourth-order valence-electron chi connectivity index (χ4n) is 2.76. The van der Waals surface area contributed by atoms with E-state index < -0.39 is 0 Å². The molecule has 0 amide bonds. The molecule has 4 nitrogen and oxygen atoms in total. The average molecular weight is 294 g/mol. The SMILES string of the molecule is CC.CC(C)C1CC(N=C/C(=C\N)CN2CCNCC2)C1. The average Bonchev–Trinajstić information content (AvgIpc) is 2.47. The van der Waals surface area contributed by atoms with Gasteiger partial charge in [0, 0.05) is 38.9 Å². The second kappa shape index (κ2) is 9.96. The minimum atomic E-state index is 0.533. The van der Waals surface area contributed by atoms with Crippen molar-refractivity contribution in [2.75, 3.05) is 32.7 Å². The summed E-state index contributed by atoms with van der Waals surface area (Å²) in [7, 11) is 0. The topological polar surface area (TPSA) is 53.6 Å². The molecular formula is C17H34N4. The van der Waals surface area contributed by atoms with Gasteiger partial charge in [0.2, 0.25) is 0 Å². The van der Waals surface area contributed by atoms with Gasteiger partial charge in [0.05, 0.1) is 6.04 Å². The van der Waals surface area contributed by atoms with Gasteiger partial charge in [0.1, 0.15) is 0 Å². The van der Waals surface area contributed by atoms with E-state index in [9.17, 15) is 0 Å². The Morgan fingerprint density at radius 1 is 1.29 bits per heavy atom. The van der Waals surface area contributed by atoms with Crippen LogP contribution < -0.4 is 11.1 Å². The molecule has 21 heavy (non-hydrogen) atoms. The summed E-state index contributed by atoms with van der Waals surface area (Å²) >= 11 is 0. The molecule has 0 aromatic carbocycles. The summed E-state index contributed by atoms with van der Waals surface area (Å²) in [6, 6.07) is 0.533. The third-order valence-corrected chi connectivity index (χ3v) is 4.37. The first-order valence-electron chi connectivity index (χ1n) is 8.56. The number of hydrogen-bond acceptors (Lipinski definition) is 4. The smallest absolute Gasteiger partial charge is 0.0505 e. The number of nitrogens with zero attached hydrogens (tertiary/aromatic N) is 2. The molecule has 1 aliphatic heterocycles. The van der Waals surface area contributed by atoms with Crippen LogP contribution in [0.15, 0.2) is 16.8 Å². The van der Waals surface area contributed by atoms with Crippen molar-refractivity contribution in [3.8, 4) is 0 Å². The zero-order valence-electron chi connectivity index (χ0n) is 14.3. The van der Waals surface area contributed by atoms with E-state index in [1.165, 1.54) is 12.8 Å². The summed E-state index contributed by atoms with van der Waals surface area (Å²) in [5, 5.41) is 3.36. The van der Waals surface area contributed by atoms with Crippen molar-refractivity contribution < 1.29 is 0 Å². The Hall–Kier alpha value is -0.870. The first kappa shape index (κ1) is 18.2. The van der Waals surface area contributed by atoms with E-state index in [-0.39, 0.29) is 0 Å². The zero-order chi connectivity index (χ0) is 15.7. The third kappa shape index (κ3) is 6.18. The van der Waals surface area contributed by atoms with Gasteiger partial charge in [-0.05, 0) is 36.5 Å². The summed E-state index contributed by atoms with van der Waals surface area (Å²) < 4.78 is 0. The molecule has 1 saturated heterocycles. The summed E-state index contributed by atoms with van der Waals surface area (Å²) in [5.74, 6) is 1.68. The van der Waals surface area contributed by atoms with Crippen LogP contribution in [0.2, 0.25) is 0 Å². The van der Waals surface area contributed by atoms with Gasteiger partial charge in [-0.1, -0.05) is 27.7 Å². The zero-order valence-corrected chi connectivity index (χ0v) is 14.3. The molecule has 0 bridgehead atoms. The van der Waals surface area contributed by atoms with Crippen molar-refractivity contribution in [3.63, 3.8) is 0 Å². The second-order valence-corrected chi connectivity index (χ2v) is 6.18. The van der Waals surface area contributed by atoms with Crippen LogP contribution in [0.4, 0.5) is 0 Å². The highest BCUT2D eigenvalue weighted by atomic mass is 15.2. The lowest BCUT2D eigenvalue weighted by molar-refractivity contribution is 0.201. The van der Waals surface area contributed by atoms with Crippen LogP contribution in [0, 0.1) is 11.8 Å². The standard InChI is InChI=1S/C15H28N4.C2H6/c1-12(2)14-7-15(8-14)18-10-13(9-16)11-19-5-3-17-4-6-19;1-2/h9-10,12,14-15,17H,3-8,11,16H2,1-2H3;1-2H3/b13-9+,18-10?;. The lowest BCUT2D eigenvalue weighted by Gasteiger charge is -2.35. The normalized spacial score (nSPS) is 27.4. The predicted molar refractivity (Wildman–Crippen MR) is 92.8 cm³/mol. The van der Waals surface area contributed by atoms with Crippen LogP contribution in [0.1, 0.15) is 40.5 Å². The highest BCUT2D eigenvalue weighted by Crippen LogP contribution is 2.35. The van der Waals surface area contributed by atoms with E-state index in [2.05, 4.69) is 29.1 Å². The molecule has 0 aromatic heterocycles. The highest BCUT2D eigenvalue weighted by Gasteiger charge is 2.30. The van der Waals surface area contributed by atoms with Gasteiger partial charge in [-0.25, -0.2) is 0 Å². The number of nitrogens with one attached hydrogen (secondary N) is 1. The van der Waals surface area contributed by atoms with Crippen LogP contribution >= 0.6 is 0 Å². The third-order valence-electron chi connectivity index (χ3n) is 4.37. The van der Waals surface area contributed by atoms with E-state index >= 15 is 0 Å². The molecular weight excluding hydrogens is 260 g/mol. The maximum absolute atomic E-state index is 5.72. The van der Waals surface area contributed by atoms with Crippen molar-refractivity contribution in [1.29, 1.82) is 0 Å². The number of piperazine rings is 1. The van der Waals surface area contributed by atoms with Gasteiger partial charge in [-0.3, -0.25) is 9.89 Å². The Labute approximate surface area is 130 Å². The van der Waals surface area contributed by atoms with Crippen LogP contribution in [-0.2, 0) is 0 Å². The van der Waals surface area contributed by atoms with Crippen LogP contribution in [0.25, 0.3) is 0 Å². The van der Waals surface area contributed by atoms with E-state index in [0.29, 0.717) is 6.04 Å². The van der Waals surface area contributed by atoms with Gasteiger partial charge >= 0.3 is 0 Å². The van der Waals surface area contributed by atoms with Crippen molar-refractivity contribution in [1.82, 2.24) is 10.2 Å². The molecule has 2 rings (SSSR count). The maximum atomic E-state index is 5.72. The summed E-state index contributed by atoms with van der Waals surface area (Å²) in [6.07, 6.45) is 6.21. The molecule has 2 aliphatic rings. The molecule has 1 saturated carbocycles. The second-order valence-electron chi connectivity index (χ2n) is 6.18. The summed E-state index contributed by atoms with van der Waals surface area (Å²) in [6.45, 7) is 13.9. The van der Waals surface area contributed by atoms with Crippen molar-refractivity contribution in [3.05, 3.63) is 11.8 Å². The molecule has 4 heteroatoms. The van der Waals surface area contributed by atoms with E-state index in [1.807, 2.05) is 20.1 Å². The molecule has 1 heterocycles. The van der Waals surface area contributed by atoms with Crippen molar-refractivity contribution >= 4 is 6.21 Å². The van der Waals surface area contributed by atoms with Crippen molar-refractivity contribution in [2.45, 2.75) is 46.6 Å². The van der Waals surface area contributed by atoms with Gasteiger partial charge < -0.3 is 11.1 Å². The van der Waals surface area contributed by atoms with Crippen LogP contribution in [0.5, 0.6) is 0 Å². The molecule has 0 atom stereocenters. The summed E-state index contributed by atoms with van der Waals surface area (Å²) in [5.41, 5.74) is 6.86. The lowest BCUT2D eigenvalue weighted by Crippen LogP contribution is -2.44. The van der Waals surface area contributed by atoms with Gasteiger partial charge in [0.25, 0.3) is 0 Å². The Balaban J connectivity index is 0.00000106. The molecule has 0 spiro atoms. The monoisotopic (exact) mass is 294 g/mol.